The molecule has 0 saturated heterocycles. The third-order valence-corrected chi connectivity index (χ3v) is 3.03. The highest BCUT2D eigenvalue weighted by Gasteiger charge is 2.22. The third-order valence-electron chi connectivity index (χ3n) is 3.03. The van der Waals surface area contributed by atoms with Crippen molar-refractivity contribution in [1.82, 2.24) is 14.8 Å². The van der Waals surface area contributed by atoms with Gasteiger partial charge in [0, 0.05) is 19.2 Å². The lowest BCUT2D eigenvalue weighted by molar-refractivity contribution is 0.102. The molecule has 6 nitrogen and oxygen atoms in total. The van der Waals surface area contributed by atoms with Crippen LogP contribution in [0, 0.1) is 6.92 Å². The molecule has 1 aliphatic heterocycles. The lowest BCUT2D eigenvalue weighted by Crippen LogP contribution is -2.19. The van der Waals surface area contributed by atoms with E-state index >= 15 is 0 Å². The Balaban J connectivity index is 1.85. The molecule has 1 N–H and O–H groups in total. The van der Waals surface area contributed by atoms with Crippen LogP contribution in [-0.4, -0.2) is 27.3 Å². The van der Waals surface area contributed by atoms with Crippen LogP contribution in [0.25, 0.3) is 0 Å². The molecule has 0 spiro atoms. The zero-order valence-electron chi connectivity index (χ0n) is 10.6. The molecule has 6 heteroatoms. The molecule has 0 fully saturated rings. The summed E-state index contributed by atoms with van der Waals surface area (Å²) in [5.74, 6) is 0.852. The molecule has 0 unspecified atom stereocenters. The van der Waals surface area contributed by atoms with E-state index in [0.29, 0.717) is 23.9 Å². The van der Waals surface area contributed by atoms with E-state index in [1.165, 1.54) is 6.20 Å². The number of fused-ring (bicyclic) bond motifs is 1. The van der Waals surface area contributed by atoms with Crippen LogP contribution in [0.4, 0.5) is 5.82 Å². The standard InChI is InChI=1S/C13H14N4O2/c1-9-4-2-5-14-11(9)16-12(18)10-8-15-17-6-3-7-19-13(10)17/h2,4-5,8H,3,6-7H2,1H3,(H,14,16,18). The van der Waals surface area contributed by atoms with Crippen molar-refractivity contribution in [2.24, 2.45) is 0 Å². The Hall–Kier alpha value is -2.37. The number of aromatic nitrogens is 3. The summed E-state index contributed by atoms with van der Waals surface area (Å²) in [5, 5.41) is 6.93. The molecule has 0 aromatic carbocycles. The minimum absolute atomic E-state index is 0.245. The average molecular weight is 258 g/mol. The minimum Gasteiger partial charge on any atom is -0.477 e. The Kier molecular flexibility index (Phi) is 2.91. The first-order chi connectivity index (χ1) is 9.25. The zero-order chi connectivity index (χ0) is 13.2. The second-order valence-corrected chi connectivity index (χ2v) is 4.41. The van der Waals surface area contributed by atoms with Crippen molar-refractivity contribution in [2.75, 3.05) is 11.9 Å². The number of ether oxygens (including phenoxy) is 1. The van der Waals surface area contributed by atoms with E-state index < -0.39 is 0 Å². The molecule has 0 radical (unpaired) electrons. The maximum Gasteiger partial charge on any atom is 0.263 e. The van der Waals surface area contributed by atoms with Crippen LogP contribution < -0.4 is 10.1 Å². The van der Waals surface area contributed by atoms with Gasteiger partial charge in [-0.05, 0) is 18.6 Å². The highest BCUT2D eigenvalue weighted by molar-refractivity contribution is 6.05. The first-order valence-corrected chi connectivity index (χ1v) is 6.17. The van der Waals surface area contributed by atoms with E-state index in [4.69, 9.17) is 4.74 Å². The number of hydrogen-bond acceptors (Lipinski definition) is 4. The van der Waals surface area contributed by atoms with Gasteiger partial charge in [-0.25, -0.2) is 9.67 Å². The maximum absolute atomic E-state index is 12.2. The maximum atomic E-state index is 12.2. The molecule has 0 aliphatic carbocycles. The van der Waals surface area contributed by atoms with Gasteiger partial charge in [-0.1, -0.05) is 6.07 Å². The average Bonchev–Trinajstić information content (AvgIpc) is 2.85. The van der Waals surface area contributed by atoms with Crippen molar-refractivity contribution >= 4 is 11.7 Å². The minimum atomic E-state index is -0.245. The zero-order valence-corrected chi connectivity index (χ0v) is 10.6. The number of hydrogen-bond donors (Lipinski definition) is 1. The second kappa shape index (κ2) is 4.72. The van der Waals surface area contributed by atoms with Crippen molar-refractivity contribution in [3.8, 4) is 5.88 Å². The molecule has 3 heterocycles. The Bertz CT molecular complexity index is 621. The fraction of sp³-hybridized carbons (Fsp3) is 0.308. The molecule has 98 valence electrons. The second-order valence-electron chi connectivity index (χ2n) is 4.41. The number of rotatable bonds is 2. The van der Waals surface area contributed by atoms with Gasteiger partial charge >= 0.3 is 0 Å². The summed E-state index contributed by atoms with van der Waals surface area (Å²) in [6, 6.07) is 3.72. The van der Waals surface area contributed by atoms with E-state index in [1.54, 1.807) is 10.9 Å². The monoisotopic (exact) mass is 258 g/mol. The Morgan fingerprint density at radius 1 is 1.53 bits per heavy atom. The lowest BCUT2D eigenvalue weighted by Gasteiger charge is -2.15. The van der Waals surface area contributed by atoms with Crippen molar-refractivity contribution < 1.29 is 9.53 Å². The normalized spacial score (nSPS) is 13.5. The van der Waals surface area contributed by atoms with Crippen molar-refractivity contribution in [3.05, 3.63) is 35.7 Å². The van der Waals surface area contributed by atoms with Gasteiger partial charge in [-0.2, -0.15) is 5.10 Å². The van der Waals surface area contributed by atoms with Crippen LogP contribution in [0.2, 0.25) is 0 Å². The van der Waals surface area contributed by atoms with Gasteiger partial charge in [0.15, 0.2) is 0 Å². The van der Waals surface area contributed by atoms with Gasteiger partial charge in [0.25, 0.3) is 5.91 Å². The van der Waals surface area contributed by atoms with Crippen molar-refractivity contribution in [1.29, 1.82) is 0 Å². The topological polar surface area (TPSA) is 69.0 Å². The Labute approximate surface area is 110 Å². The van der Waals surface area contributed by atoms with Gasteiger partial charge < -0.3 is 10.1 Å². The smallest absolute Gasteiger partial charge is 0.263 e. The fourth-order valence-corrected chi connectivity index (χ4v) is 2.02. The van der Waals surface area contributed by atoms with Crippen molar-refractivity contribution in [3.63, 3.8) is 0 Å². The summed E-state index contributed by atoms with van der Waals surface area (Å²) in [5.41, 5.74) is 1.36. The molecule has 0 saturated carbocycles. The van der Waals surface area contributed by atoms with Crippen LogP contribution in [0.5, 0.6) is 5.88 Å². The molecule has 0 bridgehead atoms. The van der Waals surface area contributed by atoms with Gasteiger partial charge in [0.2, 0.25) is 5.88 Å². The molecule has 2 aromatic heterocycles. The van der Waals surface area contributed by atoms with E-state index in [9.17, 15) is 4.79 Å². The van der Waals surface area contributed by atoms with Crippen LogP contribution in [0.1, 0.15) is 22.3 Å². The lowest BCUT2D eigenvalue weighted by atomic mass is 10.2. The highest BCUT2D eigenvalue weighted by Crippen LogP contribution is 2.23. The number of anilines is 1. The number of nitrogens with zero attached hydrogens (tertiary/aromatic N) is 3. The van der Waals surface area contributed by atoms with Crippen molar-refractivity contribution in [2.45, 2.75) is 19.9 Å². The molecule has 19 heavy (non-hydrogen) atoms. The van der Waals surface area contributed by atoms with E-state index in [0.717, 1.165) is 18.5 Å². The first kappa shape index (κ1) is 11.7. The third kappa shape index (κ3) is 2.16. The van der Waals surface area contributed by atoms with Crippen LogP contribution in [0.15, 0.2) is 24.5 Å². The van der Waals surface area contributed by atoms with E-state index in [1.807, 2.05) is 19.1 Å². The Morgan fingerprint density at radius 2 is 2.42 bits per heavy atom. The molecule has 1 aliphatic rings. The van der Waals surface area contributed by atoms with Gasteiger partial charge in [0.05, 0.1) is 12.8 Å². The molecule has 2 aromatic rings. The molecular formula is C13H14N4O2. The summed E-state index contributed by atoms with van der Waals surface area (Å²) in [4.78, 5) is 16.4. The molecule has 0 atom stereocenters. The van der Waals surface area contributed by atoms with E-state index in [2.05, 4.69) is 15.4 Å². The van der Waals surface area contributed by atoms with Crippen LogP contribution >= 0.6 is 0 Å². The van der Waals surface area contributed by atoms with Gasteiger partial charge in [-0.15, -0.1) is 0 Å². The summed E-state index contributed by atoms with van der Waals surface area (Å²) < 4.78 is 7.21. The number of carbonyl (C=O) groups is 1. The largest absolute Gasteiger partial charge is 0.477 e. The quantitative estimate of drug-likeness (QED) is 0.888. The summed E-state index contributed by atoms with van der Waals surface area (Å²) in [6.45, 7) is 3.30. The van der Waals surface area contributed by atoms with Gasteiger partial charge in [0.1, 0.15) is 11.4 Å². The SMILES string of the molecule is Cc1cccnc1NC(=O)c1cnn2c1OCCC2. The summed E-state index contributed by atoms with van der Waals surface area (Å²) in [6.07, 6.45) is 4.09. The number of carbonyl (C=O) groups excluding carboxylic acids is 1. The first-order valence-electron chi connectivity index (χ1n) is 6.17. The predicted octanol–water partition coefficient (Wildman–Crippen LogP) is 1.62. The van der Waals surface area contributed by atoms with Crippen LogP contribution in [0.3, 0.4) is 0 Å². The van der Waals surface area contributed by atoms with Crippen LogP contribution in [-0.2, 0) is 6.54 Å². The molecule has 1 amide bonds. The summed E-state index contributed by atoms with van der Waals surface area (Å²) in [7, 11) is 0. The number of amides is 1. The molecule has 3 rings (SSSR count). The number of aryl methyl sites for hydroxylation is 2. The fourth-order valence-electron chi connectivity index (χ4n) is 2.02. The highest BCUT2D eigenvalue weighted by atomic mass is 16.5. The number of pyridine rings is 1. The predicted molar refractivity (Wildman–Crippen MR) is 69.3 cm³/mol. The van der Waals surface area contributed by atoms with Gasteiger partial charge in [-0.3, -0.25) is 4.79 Å². The number of nitrogens with one attached hydrogen (secondary N) is 1. The summed E-state index contributed by atoms with van der Waals surface area (Å²) >= 11 is 0. The molecular weight excluding hydrogens is 244 g/mol. The van der Waals surface area contributed by atoms with E-state index in [-0.39, 0.29) is 5.91 Å². The Morgan fingerprint density at radius 3 is 3.26 bits per heavy atom.